The largest absolute Gasteiger partial charge is 0.296 e. The van der Waals surface area contributed by atoms with E-state index in [-0.39, 0.29) is 0 Å². The molecule has 4 aromatic carbocycles. The van der Waals surface area contributed by atoms with Crippen LogP contribution in [0.2, 0.25) is 0 Å². The third-order valence-electron chi connectivity index (χ3n) is 8.45. The lowest BCUT2D eigenvalue weighted by Gasteiger charge is -2.20. The van der Waals surface area contributed by atoms with Gasteiger partial charge in [0.2, 0.25) is 0 Å². The Kier molecular flexibility index (Phi) is 5.44. The van der Waals surface area contributed by atoms with Crippen LogP contribution in [0.5, 0.6) is 0 Å². The van der Waals surface area contributed by atoms with Gasteiger partial charge in [-0.3, -0.25) is 4.57 Å². The lowest BCUT2D eigenvalue weighted by molar-refractivity contribution is -0.659. The zero-order chi connectivity index (χ0) is 30.3. The van der Waals surface area contributed by atoms with Crippen molar-refractivity contribution in [3.63, 3.8) is 0 Å². The van der Waals surface area contributed by atoms with Crippen LogP contribution in [0.4, 0.5) is 0 Å². The number of imidazole rings is 2. The van der Waals surface area contributed by atoms with Crippen LogP contribution < -0.4 is 4.57 Å². The molecular formula is C37H37N4+. The summed E-state index contributed by atoms with van der Waals surface area (Å²) in [4.78, 5) is 5.26. The van der Waals surface area contributed by atoms with Gasteiger partial charge in [-0.25, -0.2) is 9.55 Å². The standard InChI is InChI=1S/C37H37N4/c1-23(2)29-20-28(26-12-8-7-9-13-26)21-30(24(3)4)36(29)40-19-18-39(6)37(40)34-25(5)16-17-32-35(34)38-33-22-27-14-10-11-15-31(27)41(32)33/h7-21,23-24H,22H2,1-6H3/q+1/i23D,24D. The molecule has 41 heavy (non-hydrogen) atoms. The second kappa shape index (κ2) is 9.59. The number of fused-ring (bicyclic) bond motifs is 5. The fourth-order valence-corrected chi connectivity index (χ4v) is 6.42. The number of nitrogens with zero attached hydrogens (tertiary/aromatic N) is 4. The number of hydrogen-bond donors (Lipinski definition) is 0. The molecule has 0 aliphatic carbocycles. The van der Waals surface area contributed by atoms with Crippen molar-refractivity contribution in [2.24, 2.45) is 7.05 Å². The average Bonchev–Trinajstić information content (AvgIpc) is 3.63. The van der Waals surface area contributed by atoms with E-state index in [2.05, 4.69) is 101 Å². The van der Waals surface area contributed by atoms with Crippen LogP contribution in [0.25, 0.3) is 44.9 Å². The SMILES string of the molecule is [2H]C(C)(C)c1cc(-c2ccccc2)cc(C([2H])(C)C)c1-n1cc[n+](C)c1-c1c(C)ccc2c1nc1n2-c2ccccc2C1. The van der Waals surface area contributed by atoms with E-state index in [1.54, 1.807) is 0 Å². The Morgan fingerprint density at radius 2 is 1.54 bits per heavy atom. The molecule has 204 valence electrons. The first-order chi connectivity index (χ1) is 20.4. The summed E-state index contributed by atoms with van der Waals surface area (Å²) in [5, 5.41) is 0. The first-order valence-electron chi connectivity index (χ1n) is 15.3. The Labute approximate surface area is 245 Å². The molecule has 0 amide bonds. The molecule has 0 saturated heterocycles. The van der Waals surface area contributed by atoms with E-state index in [9.17, 15) is 2.74 Å². The normalized spacial score (nSPS) is 13.7. The van der Waals surface area contributed by atoms with Crippen LogP contribution in [0, 0.1) is 6.92 Å². The van der Waals surface area contributed by atoms with E-state index in [0.717, 1.165) is 68.2 Å². The molecule has 7 rings (SSSR count). The third-order valence-corrected chi connectivity index (χ3v) is 8.45. The van der Waals surface area contributed by atoms with Gasteiger partial charge in [0, 0.05) is 20.3 Å². The summed E-state index contributed by atoms with van der Waals surface area (Å²) in [5.74, 6) is 0.204. The van der Waals surface area contributed by atoms with Crippen LogP contribution in [0.1, 0.15) is 70.3 Å². The molecule has 0 radical (unpaired) electrons. The molecule has 0 saturated carbocycles. The van der Waals surface area contributed by atoms with Crippen molar-refractivity contribution in [1.82, 2.24) is 14.1 Å². The lowest BCUT2D eigenvalue weighted by Crippen LogP contribution is -2.29. The van der Waals surface area contributed by atoms with Crippen molar-refractivity contribution in [3.05, 3.63) is 119 Å². The summed E-state index contributed by atoms with van der Waals surface area (Å²) in [5.41, 5.74) is 11.5. The van der Waals surface area contributed by atoms with Crippen LogP contribution in [0.15, 0.2) is 91.3 Å². The minimum atomic E-state index is -0.916. The summed E-state index contributed by atoms with van der Waals surface area (Å²) in [6, 6.07) is 27.5. The molecule has 4 nitrogen and oxygen atoms in total. The summed E-state index contributed by atoms with van der Waals surface area (Å²) in [7, 11) is 2.07. The number of rotatable bonds is 5. The van der Waals surface area contributed by atoms with Crippen molar-refractivity contribution in [3.8, 4) is 33.9 Å². The summed E-state index contributed by atoms with van der Waals surface area (Å²) < 4.78 is 25.3. The van der Waals surface area contributed by atoms with Crippen molar-refractivity contribution < 1.29 is 7.31 Å². The maximum absolute atomic E-state index is 9.31. The Balaban J connectivity index is 1.54. The molecule has 0 fully saturated rings. The molecule has 0 spiro atoms. The second-order valence-electron chi connectivity index (χ2n) is 11.7. The smallest absolute Gasteiger partial charge is 0.296 e. The minimum absolute atomic E-state index is 0.811. The maximum atomic E-state index is 9.31. The van der Waals surface area contributed by atoms with Gasteiger partial charge in [0.1, 0.15) is 29.4 Å². The lowest BCUT2D eigenvalue weighted by atomic mass is 9.88. The van der Waals surface area contributed by atoms with Crippen LogP contribution in [-0.4, -0.2) is 14.1 Å². The number of aromatic nitrogens is 4. The summed E-state index contributed by atoms with van der Waals surface area (Å²) in [6.07, 6.45) is 4.96. The number of benzene rings is 4. The minimum Gasteiger partial charge on any atom is -0.296 e. The predicted octanol–water partition coefficient (Wildman–Crippen LogP) is 8.43. The van der Waals surface area contributed by atoms with E-state index in [1.807, 2.05) is 45.9 Å². The summed E-state index contributed by atoms with van der Waals surface area (Å²) in [6.45, 7) is 9.90. The highest BCUT2D eigenvalue weighted by molar-refractivity contribution is 5.94. The average molecular weight is 540 g/mol. The van der Waals surface area contributed by atoms with Crippen molar-refractivity contribution in [2.45, 2.75) is 52.8 Å². The molecule has 1 aliphatic heterocycles. The highest BCUT2D eigenvalue weighted by atomic mass is 15.2. The molecule has 2 aromatic heterocycles. The van der Waals surface area contributed by atoms with Gasteiger partial charge in [-0.15, -0.1) is 0 Å². The van der Waals surface area contributed by atoms with Crippen LogP contribution in [0.3, 0.4) is 0 Å². The van der Waals surface area contributed by atoms with Gasteiger partial charge >= 0.3 is 0 Å². The van der Waals surface area contributed by atoms with E-state index < -0.39 is 11.8 Å². The topological polar surface area (TPSA) is 26.6 Å². The van der Waals surface area contributed by atoms with Gasteiger partial charge in [0.25, 0.3) is 5.82 Å². The van der Waals surface area contributed by atoms with Gasteiger partial charge < -0.3 is 0 Å². The third kappa shape index (κ3) is 3.96. The van der Waals surface area contributed by atoms with E-state index >= 15 is 0 Å². The zero-order valence-corrected chi connectivity index (χ0v) is 24.7. The van der Waals surface area contributed by atoms with E-state index in [1.165, 1.54) is 11.3 Å². The molecule has 0 atom stereocenters. The first-order valence-corrected chi connectivity index (χ1v) is 14.3. The Morgan fingerprint density at radius 3 is 2.24 bits per heavy atom. The van der Waals surface area contributed by atoms with Crippen molar-refractivity contribution in [2.75, 3.05) is 0 Å². The fraction of sp³-hybridized carbons (Fsp3) is 0.243. The van der Waals surface area contributed by atoms with Gasteiger partial charge in [0.15, 0.2) is 0 Å². The molecule has 4 heteroatoms. The highest BCUT2D eigenvalue weighted by Crippen LogP contribution is 2.40. The summed E-state index contributed by atoms with van der Waals surface area (Å²) >= 11 is 0. The fourth-order valence-electron chi connectivity index (χ4n) is 6.42. The second-order valence-corrected chi connectivity index (χ2v) is 11.7. The number of para-hydroxylation sites is 1. The molecule has 3 heterocycles. The number of hydrogen-bond acceptors (Lipinski definition) is 1. The first kappa shape index (κ1) is 23.3. The molecule has 0 N–H and O–H groups in total. The van der Waals surface area contributed by atoms with Gasteiger partial charge in [-0.1, -0.05) is 82.3 Å². The molecule has 0 unspecified atom stereocenters. The molecule has 0 bridgehead atoms. The predicted molar refractivity (Wildman–Crippen MR) is 168 cm³/mol. The maximum Gasteiger partial charge on any atom is 0.296 e. The van der Waals surface area contributed by atoms with Gasteiger partial charge in [-0.05, 0) is 65.2 Å². The monoisotopic (exact) mass is 539 g/mol. The molecular weight excluding hydrogens is 500 g/mol. The van der Waals surface area contributed by atoms with E-state index in [0.29, 0.717) is 0 Å². The zero-order valence-electron chi connectivity index (χ0n) is 26.7. The quantitative estimate of drug-likeness (QED) is 0.202. The Morgan fingerprint density at radius 1 is 0.854 bits per heavy atom. The van der Waals surface area contributed by atoms with Crippen molar-refractivity contribution in [1.29, 1.82) is 0 Å². The van der Waals surface area contributed by atoms with Crippen LogP contribution in [-0.2, 0) is 13.5 Å². The van der Waals surface area contributed by atoms with Gasteiger partial charge in [-0.2, -0.15) is 4.57 Å². The molecule has 1 aliphatic rings. The molecule has 6 aromatic rings. The Bertz CT molecular complexity index is 2000. The van der Waals surface area contributed by atoms with Crippen LogP contribution >= 0.6 is 0 Å². The Hall–Kier alpha value is -4.44. The van der Waals surface area contributed by atoms with E-state index in [4.69, 9.17) is 4.98 Å². The number of aryl methyl sites for hydroxylation is 2. The van der Waals surface area contributed by atoms with Gasteiger partial charge in [0.05, 0.1) is 23.8 Å². The highest BCUT2D eigenvalue weighted by Gasteiger charge is 2.31. The van der Waals surface area contributed by atoms with Crippen molar-refractivity contribution >= 4 is 11.0 Å².